The number of rotatable bonds is 2. The second kappa shape index (κ2) is 3.98. The van der Waals surface area contributed by atoms with Crippen molar-refractivity contribution in [3.8, 4) is 5.75 Å². The summed E-state index contributed by atoms with van der Waals surface area (Å²) in [7, 11) is 0. The molecule has 2 heterocycles. The molecule has 0 aromatic heterocycles. The Morgan fingerprint density at radius 3 is 3.00 bits per heavy atom. The van der Waals surface area contributed by atoms with Crippen molar-refractivity contribution in [2.75, 3.05) is 31.5 Å². The Kier molecular flexibility index (Phi) is 2.48. The lowest BCUT2D eigenvalue weighted by Gasteiger charge is -2.36. The predicted molar refractivity (Wildman–Crippen MR) is 64.8 cm³/mol. The van der Waals surface area contributed by atoms with Crippen molar-refractivity contribution < 1.29 is 5.11 Å². The van der Waals surface area contributed by atoms with Crippen molar-refractivity contribution in [3.63, 3.8) is 0 Å². The summed E-state index contributed by atoms with van der Waals surface area (Å²) in [6, 6.07) is 5.65. The minimum Gasteiger partial charge on any atom is -0.508 e. The van der Waals surface area contributed by atoms with Gasteiger partial charge < -0.3 is 15.3 Å². The summed E-state index contributed by atoms with van der Waals surface area (Å²) in [4.78, 5) is 2.53. The molecule has 3 rings (SSSR count). The molecule has 86 valence electrons. The Morgan fingerprint density at radius 2 is 2.25 bits per heavy atom. The highest BCUT2D eigenvalue weighted by molar-refractivity contribution is 5.56. The molecule has 2 aliphatic heterocycles. The standard InChI is InChI=1S/C13H18N2O/c16-12-3-2-11-6-10(8-14-13(11)7-12)9-15-4-1-5-15/h2-3,7,10,14,16H,1,4-6,8-9H2. The highest BCUT2D eigenvalue weighted by Gasteiger charge is 2.23. The molecule has 0 aliphatic carbocycles. The summed E-state index contributed by atoms with van der Waals surface area (Å²) in [6.45, 7) is 4.80. The number of aromatic hydroxyl groups is 1. The fraction of sp³-hybridized carbons (Fsp3) is 0.538. The Morgan fingerprint density at radius 1 is 1.38 bits per heavy atom. The first-order valence-electron chi connectivity index (χ1n) is 6.09. The van der Waals surface area contributed by atoms with E-state index >= 15 is 0 Å². The number of nitrogens with one attached hydrogen (secondary N) is 1. The molecule has 1 saturated heterocycles. The van der Waals surface area contributed by atoms with Gasteiger partial charge in [-0.25, -0.2) is 0 Å². The minimum atomic E-state index is 0.354. The molecule has 1 aromatic rings. The Bertz CT molecular complexity index is 388. The van der Waals surface area contributed by atoms with Crippen molar-refractivity contribution in [1.29, 1.82) is 0 Å². The highest BCUT2D eigenvalue weighted by Crippen LogP contribution is 2.28. The van der Waals surface area contributed by atoms with Gasteiger partial charge in [-0.1, -0.05) is 6.07 Å². The SMILES string of the molecule is Oc1ccc2c(c1)NCC(CN1CCC1)C2. The minimum absolute atomic E-state index is 0.354. The van der Waals surface area contributed by atoms with Crippen LogP contribution in [-0.2, 0) is 6.42 Å². The molecular formula is C13H18N2O. The number of hydrogen-bond donors (Lipinski definition) is 2. The van der Waals surface area contributed by atoms with Gasteiger partial charge in [0.05, 0.1) is 0 Å². The second-order valence-corrected chi connectivity index (χ2v) is 4.95. The average molecular weight is 218 g/mol. The van der Waals surface area contributed by atoms with E-state index in [0.29, 0.717) is 5.75 Å². The Hall–Kier alpha value is -1.22. The molecule has 1 unspecified atom stereocenters. The molecule has 16 heavy (non-hydrogen) atoms. The van der Waals surface area contributed by atoms with Crippen LogP contribution in [0.5, 0.6) is 5.75 Å². The normalized spacial score (nSPS) is 24.4. The maximum absolute atomic E-state index is 9.40. The zero-order valence-electron chi connectivity index (χ0n) is 9.45. The maximum Gasteiger partial charge on any atom is 0.117 e. The quantitative estimate of drug-likeness (QED) is 0.793. The third-order valence-electron chi connectivity index (χ3n) is 3.65. The van der Waals surface area contributed by atoms with Crippen LogP contribution in [0.25, 0.3) is 0 Å². The molecule has 3 heteroatoms. The second-order valence-electron chi connectivity index (χ2n) is 4.95. The van der Waals surface area contributed by atoms with Crippen LogP contribution in [0.4, 0.5) is 5.69 Å². The number of phenols is 1. The van der Waals surface area contributed by atoms with E-state index in [4.69, 9.17) is 0 Å². The number of hydrogen-bond acceptors (Lipinski definition) is 3. The average Bonchev–Trinajstić information content (AvgIpc) is 2.23. The van der Waals surface area contributed by atoms with E-state index in [-0.39, 0.29) is 0 Å². The van der Waals surface area contributed by atoms with E-state index in [1.165, 1.54) is 31.6 Å². The van der Waals surface area contributed by atoms with Gasteiger partial charge in [0.15, 0.2) is 0 Å². The van der Waals surface area contributed by atoms with Crippen LogP contribution in [0, 0.1) is 5.92 Å². The summed E-state index contributed by atoms with van der Waals surface area (Å²) >= 11 is 0. The zero-order chi connectivity index (χ0) is 11.0. The van der Waals surface area contributed by atoms with Crippen LogP contribution >= 0.6 is 0 Å². The molecule has 0 radical (unpaired) electrons. The summed E-state index contributed by atoms with van der Waals surface area (Å²) < 4.78 is 0. The molecule has 2 aliphatic rings. The summed E-state index contributed by atoms with van der Waals surface area (Å²) in [5.74, 6) is 1.07. The number of anilines is 1. The van der Waals surface area contributed by atoms with Gasteiger partial charge in [0.1, 0.15) is 5.75 Å². The van der Waals surface area contributed by atoms with Crippen molar-refractivity contribution in [1.82, 2.24) is 4.90 Å². The third kappa shape index (κ3) is 1.87. The van der Waals surface area contributed by atoms with Gasteiger partial charge in [0.25, 0.3) is 0 Å². The smallest absolute Gasteiger partial charge is 0.117 e. The van der Waals surface area contributed by atoms with Crippen LogP contribution in [0.3, 0.4) is 0 Å². The molecule has 3 nitrogen and oxygen atoms in total. The summed E-state index contributed by atoms with van der Waals surface area (Å²) in [6.07, 6.45) is 2.50. The lowest BCUT2D eigenvalue weighted by molar-refractivity contribution is 0.153. The van der Waals surface area contributed by atoms with Crippen LogP contribution in [0.2, 0.25) is 0 Å². The summed E-state index contributed by atoms with van der Waals surface area (Å²) in [5.41, 5.74) is 2.45. The van der Waals surface area contributed by atoms with Crippen molar-refractivity contribution in [2.45, 2.75) is 12.8 Å². The predicted octanol–water partition coefficient (Wildman–Crippen LogP) is 1.68. The zero-order valence-corrected chi connectivity index (χ0v) is 9.45. The third-order valence-corrected chi connectivity index (χ3v) is 3.65. The van der Waals surface area contributed by atoms with E-state index in [1.807, 2.05) is 12.1 Å². The molecule has 0 spiro atoms. The van der Waals surface area contributed by atoms with E-state index < -0.39 is 0 Å². The van der Waals surface area contributed by atoms with Gasteiger partial charge in [-0.15, -0.1) is 0 Å². The van der Waals surface area contributed by atoms with Crippen LogP contribution in [0.1, 0.15) is 12.0 Å². The highest BCUT2D eigenvalue weighted by atomic mass is 16.3. The Labute approximate surface area is 96.1 Å². The van der Waals surface area contributed by atoms with E-state index in [0.717, 1.165) is 24.6 Å². The number of benzene rings is 1. The van der Waals surface area contributed by atoms with Crippen LogP contribution < -0.4 is 5.32 Å². The number of likely N-dealkylation sites (tertiary alicyclic amines) is 1. The van der Waals surface area contributed by atoms with Gasteiger partial charge in [0, 0.05) is 24.8 Å². The van der Waals surface area contributed by atoms with Gasteiger partial charge in [0.2, 0.25) is 0 Å². The van der Waals surface area contributed by atoms with Crippen LogP contribution in [0.15, 0.2) is 18.2 Å². The lowest BCUT2D eigenvalue weighted by Crippen LogP contribution is -2.43. The number of nitrogens with zero attached hydrogens (tertiary/aromatic N) is 1. The fourth-order valence-electron chi connectivity index (χ4n) is 2.60. The van der Waals surface area contributed by atoms with E-state index in [2.05, 4.69) is 10.2 Å². The topological polar surface area (TPSA) is 35.5 Å². The Balaban J connectivity index is 1.68. The molecule has 1 fully saturated rings. The molecule has 2 N–H and O–H groups in total. The van der Waals surface area contributed by atoms with Crippen LogP contribution in [-0.4, -0.2) is 36.2 Å². The molecule has 1 aromatic carbocycles. The first-order chi connectivity index (χ1) is 7.81. The molecule has 1 atom stereocenters. The van der Waals surface area contributed by atoms with Gasteiger partial charge in [-0.3, -0.25) is 0 Å². The number of fused-ring (bicyclic) bond motifs is 1. The molecular weight excluding hydrogens is 200 g/mol. The van der Waals surface area contributed by atoms with Gasteiger partial charge >= 0.3 is 0 Å². The van der Waals surface area contributed by atoms with E-state index in [9.17, 15) is 5.11 Å². The van der Waals surface area contributed by atoms with Gasteiger partial charge in [-0.2, -0.15) is 0 Å². The van der Waals surface area contributed by atoms with Gasteiger partial charge in [-0.05, 0) is 43.5 Å². The maximum atomic E-state index is 9.40. The largest absolute Gasteiger partial charge is 0.508 e. The van der Waals surface area contributed by atoms with Crippen molar-refractivity contribution in [3.05, 3.63) is 23.8 Å². The lowest BCUT2D eigenvalue weighted by atomic mass is 9.92. The fourth-order valence-corrected chi connectivity index (χ4v) is 2.60. The first-order valence-corrected chi connectivity index (χ1v) is 6.09. The van der Waals surface area contributed by atoms with Crippen molar-refractivity contribution >= 4 is 5.69 Å². The molecule has 0 bridgehead atoms. The molecule has 0 amide bonds. The number of phenolic OH excluding ortho intramolecular Hbond substituents is 1. The molecule has 0 saturated carbocycles. The van der Waals surface area contributed by atoms with Crippen molar-refractivity contribution in [2.24, 2.45) is 5.92 Å². The van der Waals surface area contributed by atoms with E-state index in [1.54, 1.807) is 6.07 Å². The summed E-state index contributed by atoms with van der Waals surface area (Å²) in [5, 5.41) is 12.8. The monoisotopic (exact) mass is 218 g/mol. The first kappa shape index (κ1) is 9.97.